The summed E-state index contributed by atoms with van der Waals surface area (Å²) in [4.78, 5) is 0. The molecule has 0 bridgehead atoms. The van der Waals surface area contributed by atoms with Crippen molar-refractivity contribution in [1.82, 2.24) is 5.32 Å². The van der Waals surface area contributed by atoms with E-state index in [1.807, 2.05) is 6.07 Å². The Balaban J connectivity index is 2.09. The SMILES string of the molecule is CCNC1CCCCCC1Cc1ccc(F)cc1Cl. The minimum atomic E-state index is -0.252. The van der Waals surface area contributed by atoms with Gasteiger partial charge in [0.1, 0.15) is 5.82 Å². The number of hydrogen-bond donors (Lipinski definition) is 1. The summed E-state index contributed by atoms with van der Waals surface area (Å²) in [6.07, 6.45) is 7.38. The van der Waals surface area contributed by atoms with Crippen LogP contribution in [0.3, 0.4) is 0 Å². The summed E-state index contributed by atoms with van der Waals surface area (Å²) in [5.41, 5.74) is 1.08. The molecule has 1 N–H and O–H groups in total. The zero-order chi connectivity index (χ0) is 13.7. The third kappa shape index (κ3) is 4.19. The minimum absolute atomic E-state index is 0.252. The highest BCUT2D eigenvalue weighted by molar-refractivity contribution is 6.31. The van der Waals surface area contributed by atoms with E-state index in [0.29, 0.717) is 17.0 Å². The van der Waals surface area contributed by atoms with Gasteiger partial charge in [0, 0.05) is 11.1 Å². The van der Waals surface area contributed by atoms with Gasteiger partial charge in [0.15, 0.2) is 0 Å². The van der Waals surface area contributed by atoms with Crippen molar-refractivity contribution < 1.29 is 4.39 Å². The van der Waals surface area contributed by atoms with Gasteiger partial charge in [0.05, 0.1) is 0 Å². The van der Waals surface area contributed by atoms with E-state index in [1.54, 1.807) is 0 Å². The van der Waals surface area contributed by atoms with Crippen molar-refractivity contribution >= 4 is 11.6 Å². The summed E-state index contributed by atoms with van der Waals surface area (Å²) in [5.74, 6) is 0.364. The molecule has 1 nitrogen and oxygen atoms in total. The fourth-order valence-electron chi connectivity index (χ4n) is 3.13. The van der Waals surface area contributed by atoms with E-state index in [2.05, 4.69) is 12.2 Å². The van der Waals surface area contributed by atoms with Gasteiger partial charge in [-0.1, -0.05) is 43.9 Å². The van der Waals surface area contributed by atoms with Gasteiger partial charge in [0.2, 0.25) is 0 Å². The molecule has 0 spiro atoms. The topological polar surface area (TPSA) is 12.0 Å². The van der Waals surface area contributed by atoms with Gasteiger partial charge in [0.25, 0.3) is 0 Å². The van der Waals surface area contributed by atoms with Gasteiger partial charge in [-0.15, -0.1) is 0 Å². The fraction of sp³-hybridized carbons (Fsp3) is 0.625. The third-order valence-corrected chi connectivity index (χ3v) is 4.47. The predicted molar refractivity (Wildman–Crippen MR) is 79.2 cm³/mol. The number of halogens is 2. The van der Waals surface area contributed by atoms with Crippen molar-refractivity contribution in [1.29, 1.82) is 0 Å². The lowest BCUT2D eigenvalue weighted by Crippen LogP contribution is -2.36. The Morgan fingerprint density at radius 2 is 2.05 bits per heavy atom. The van der Waals surface area contributed by atoms with Crippen molar-refractivity contribution in [2.45, 2.75) is 51.5 Å². The molecule has 1 fully saturated rings. The Hall–Kier alpha value is -0.600. The lowest BCUT2D eigenvalue weighted by molar-refractivity contribution is 0.337. The molecule has 106 valence electrons. The second-order valence-corrected chi connectivity index (χ2v) is 5.91. The molecule has 1 aromatic carbocycles. The first-order valence-electron chi connectivity index (χ1n) is 7.38. The van der Waals surface area contributed by atoms with Gasteiger partial charge in [-0.3, -0.25) is 0 Å². The molecule has 1 saturated carbocycles. The van der Waals surface area contributed by atoms with Crippen LogP contribution in [0.15, 0.2) is 18.2 Å². The minimum Gasteiger partial charge on any atom is -0.314 e. The second kappa shape index (κ2) is 7.25. The quantitative estimate of drug-likeness (QED) is 0.798. The average Bonchev–Trinajstić information content (AvgIpc) is 2.59. The smallest absolute Gasteiger partial charge is 0.124 e. The van der Waals surface area contributed by atoms with Gasteiger partial charge in [-0.25, -0.2) is 4.39 Å². The number of hydrogen-bond acceptors (Lipinski definition) is 1. The first kappa shape index (κ1) is 14.8. The fourth-order valence-corrected chi connectivity index (χ4v) is 3.37. The third-order valence-electron chi connectivity index (χ3n) is 4.12. The maximum absolute atomic E-state index is 13.1. The molecule has 0 aromatic heterocycles. The van der Waals surface area contributed by atoms with Crippen molar-refractivity contribution in [2.24, 2.45) is 5.92 Å². The molecule has 0 amide bonds. The largest absolute Gasteiger partial charge is 0.314 e. The summed E-state index contributed by atoms with van der Waals surface area (Å²) < 4.78 is 13.1. The first-order chi connectivity index (χ1) is 9.20. The predicted octanol–water partition coefficient (Wildman–Crippen LogP) is 4.58. The van der Waals surface area contributed by atoms with E-state index in [0.717, 1.165) is 18.5 Å². The van der Waals surface area contributed by atoms with Crippen molar-refractivity contribution in [3.8, 4) is 0 Å². The van der Waals surface area contributed by atoms with Gasteiger partial charge in [-0.05, 0) is 49.4 Å². The Morgan fingerprint density at radius 1 is 1.26 bits per heavy atom. The lowest BCUT2D eigenvalue weighted by atomic mass is 9.88. The van der Waals surface area contributed by atoms with Gasteiger partial charge < -0.3 is 5.32 Å². The van der Waals surface area contributed by atoms with Gasteiger partial charge >= 0.3 is 0 Å². The Labute approximate surface area is 120 Å². The highest BCUT2D eigenvalue weighted by Crippen LogP contribution is 2.29. The van der Waals surface area contributed by atoms with Crippen molar-refractivity contribution in [3.05, 3.63) is 34.6 Å². The molecular formula is C16H23ClFN. The highest BCUT2D eigenvalue weighted by Gasteiger charge is 2.23. The van der Waals surface area contributed by atoms with Crippen LogP contribution in [0.1, 0.15) is 44.6 Å². The van der Waals surface area contributed by atoms with Crippen LogP contribution in [0, 0.1) is 11.7 Å². The standard InChI is InChI=1S/C16H23ClFN/c1-2-19-16-7-5-3-4-6-13(16)10-12-8-9-14(18)11-15(12)17/h8-9,11,13,16,19H,2-7,10H2,1H3. The number of nitrogens with one attached hydrogen (secondary N) is 1. The maximum atomic E-state index is 13.1. The van der Waals surface area contributed by atoms with Crippen LogP contribution >= 0.6 is 11.6 Å². The molecule has 1 aliphatic carbocycles. The van der Waals surface area contributed by atoms with E-state index < -0.39 is 0 Å². The summed E-state index contributed by atoms with van der Waals surface area (Å²) >= 11 is 6.15. The summed E-state index contributed by atoms with van der Waals surface area (Å²) in [6, 6.07) is 5.36. The monoisotopic (exact) mass is 283 g/mol. The zero-order valence-electron chi connectivity index (χ0n) is 11.6. The van der Waals surface area contributed by atoms with E-state index in [9.17, 15) is 4.39 Å². The van der Waals surface area contributed by atoms with Crippen LogP contribution in [0.4, 0.5) is 4.39 Å². The molecule has 2 unspecified atom stereocenters. The van der Waals surface area contributed by atoms with Crippen molar-refractivity contribution in [2.75, 3.05) is 6.54 Å². The molecule has 0 heterocycles. The molecular weight excluding hydrogens is 261 g/mol. The van der Waals surface area contributed by atoms with Crippen molar-refractivity contribution in [3.63, 3.8) is 0 Å². The molecule has 2 rings (SSSR count). The Bertz CT molecular complexity index is 408. The summed E-state index contributed by atoms with van der Waals surface area (Å²) in [6.45, 7) is 3.17. The Morgan fingerprint density at radius 3 is 2.79 bits per heavy atom. The zero-order valence-corrected chi connectivity index (χ0v) is 12.3. The second-order valence-electron chi connectivity index (χ2n) is 5.50. The maximum Gasteiger partial charge on any atom is 0.124 e. The molecule has 0 saturated heterocycles. The summed E-state index contributed by atoms with van der Waals surface area (Å²) in [5, 5.41) is 4.18. The van der Waals surface area contributed by atoms with E-state index in [-0.39, 0.29) is 5.82 Å². The number of benzene rings is 1. The van der Waals surface area contributed by atoms with Crippen LogP contribution in [-0.2, 0) is 6.42 Å². The van der Waals surface area contributed by atoms with Crippen LogP contribution in [0.5, 0.6) is 0 Å². The van der Waals surface area contributed by atoms with Crippen LogP contribution in [0.25, 0.3) is 0 Å². The molecule has 2 atom stereocenters. The van der Waals surface area contributed by atoms with Gasteiger partial charge in [-0.2, -0.15) is 0 Å². The number of rotatable bonds is 4. The molecule has 19 heavy (non-hydrogen) atoms. The van der Waals surface area contributed by atoms with E-state index in [4.69, 9.17) is 11.6 Å². The molecule has 1 aromatic rings. The summed E-state index contributed by atoms with van der Waals surface area (Å²) in [7, 11) is 0. The van der Waals surface area contributed by atoms with Crippen LogP contribution in [-0.4, -0.2) is 12.6 Å². The molecule has 0 radical (unpaired) electrons. The molecule has 0 aliphatic heterocycles. The normalized spacial score (nSPS) is 24.2. The van der Waals surface area contributed by atoms with Crippen LogP contribution in [0.2, 0.25) is 5.02 Å². The van der Waals surface area contributed by atoms with E-state index in [1.165, 1.54) is 44.2 Å². The average molecular weight is 284 g/mol. The lowest BCUT2D eigenvalue weighted by Gasteiger charge is -2.26. The Kier molecular flexibility index (Phi) is 5.65. The highest BCUT2D eigenvalue weighted by atomic mass is 35.5. The molecule has 3 heteroatoms. The van der Waals surface area contributed by atoms with E-state index >= 15 is 0 Å². The van der Waals surface area contributed by atoms with Crippen LogP contribution < -0.4 is 5.32 Å². The first-order valence-corrected chi connectivity index (χ1v) is 7.75. The molecule has 1 aliphatic rings.